The highest BCUT2D eigenvalue weighted by atomic mass is 32.2. The lowest BCUT2D eigenvalue weighted by atomic mass is 10.1. The lowest BCUT2D eigenvalue weighted by Gasteiger charge is -2.28. The standard InChI is InChI=1S/C22H27N3O5S/c1-5-15-23-22(27)19-9-7-8-10-20(19)24-21(26)16(3)25(31(4,28)29)17-11-13-18(14-12-17)30-6-2/h5,7-14,16H,1,6,15H2,2-4H3,(H,23,27)(H,24,26). The van der Waals surface area contributed by atoms with Gasteiger partial charge < -0.3 is 15.4 Å². The van der Waals surface area contributed by atoms with Crippen LogP contribution in [0.4, 0.5) is 11.4 Å². The molecule has 1 unspecified atom stereocenters. The fourth-order valence-corrected chi connectivity index (χ4v) is 4.13. The van der Waals surface area contributed by atoms with E-state index < -0.39 is 22.0 Å². The smallest absolute Gasteiger partial charge is 0.253 e. The number of carbonyl (C=O) groups excluding carboxylic acids is 2. The predicted octanol–water partition coefficient (Wildman–Crippen LogP) is 2.79. The quantitative estimate of drug-likeness (QED) is 0.547. The number of hydrogen-bond acceptors (Lipinski definition) is 5. The molecule has 0 fully saturated rings. The molecule has 2 N–H and O–H groups in total. The lowest BCUT2D eigenvalue weighted by molar-refractivity contribution is -0.116. The van der Waals surface area contributed by atoms with Gasteiger partial charge in [-0.25, -0.2) is 8.42 Å². The summed E-state index contributed by atoms with van der Waals surface area (Å²) >= 11 is 0. The number of benzene rings is 2. The Kier molecular flexibility index (Phi) is 8.21. The third-order valence-corrected chi connectivity index (χ3v) is 5.57. The topological polar surface area (TPSA) is 105 Å². The largest absolute Gasteiger partial charge is 0.494 e. The summed E-state index contributed by atoms with van der Waals surface area (Å²) in [6, 6.07) is 11.8. The van der Waals surface area contributed by atoms with Crippen molar-refractivity contribution in [1.82, 2.24) is 5.32 Å². The van der Waals surface area contributed by atoms with Crippen LogP contribution in [-0.2, 0) is 14.8 Å². The minimum absolute atomic E-state index is 0.261. The molecule has 0 saturated carbocycles. The van der Waals surface area contributed by atoms with Gasteiger partial charge in [-0.1, -0.05) is 18.2 Å². The molecule has 0 aromatic heterocycles. The van der Waals surface area contributed by atoms with E-state index in [0.29, 0.717) is 18.0 Å². The average molecular weight is 446 g/mol. The summed E-state index contributed by atoms with van der Waals surface area (Å²) in [6.07, 6.45) is 2.58. The number of nitrogens with one attached hydrogen (secondary N) is 2. The van der Waals surface area contributed by atoms with Crippen molar-refractivity contribution in [3.63, 3.8) is 0 Å². The number of hydrogen-bond donors (Lipinski definition) is 2. The Balaban J connectivity index is 2.29. The van der Waals surface area contributed by atoms with Crippen LogP contribution < -0.4 is 19.7 Å². The molecule has 0 aliphatic rings. The van der Waals surface area contributed by atoms with Crippen molar-refractivity contribution in [1.29, 1.82) is 0 Å². The first-order chi connectivity index (χ1) is 14.7. The highest BCUT2D eigenvalue weighted by Crippen LogP contribution is 2.25. The first-order valence-electron chi connectivity index (χ1n) is 9.70. The van der Waals surface area contributed by atoms with Gasteiger partial charge in [0.15, 0.2) is 0 Å². The Hall–Kier alpha value is -3.33. The molecular weight excluding hydrogens is 418 g/mol. The van der Waals surface area contributed by atoms with E-state index in [-0.39, 0.29) is 23.7 Å². The van der Waals surface area contributed by atoms with Gasteiger partial charge in [-0.05, 0) is 50.2 Å². The van der Waals surface area contributed by atoms with E-state index in [4.69, 9.17) is 4.74 Å². The van der Waals surface area contributed by atoms with E-state index in [0.717, 1.165) is 10.6 Å². The van der Waals surface area contributed by atoms with E-state index in [2.05, 4.69) is 17.2 Å². The fourth-order valence-electron chi connectivity index (χ4n) is 2.95. The maximum absolute atomic E-state index is 12.9. The number of para-hydroxylation sites is 1. The van der Waals surface area contributed by atoms with Crippen molar-refractivity contribution in [2.24, 2.45) is 0 Å². The molecule has 2 aromatic rings. The normalized spacial score (nSPS) is 11.8. The van der Waals surface area contributed by atoms with Crippen LogP contribution in [0.3, 0.4) is 0 Å². The monoisotopic (exact) mass is 445 g/mol. The summed E-state index contributed by atoms with van der Waals surface area (Å²) in [5, 5.41) is 5.32. The molecule has 166 valence electrons. The third kappa shape index (κ3) is 6.32. The van der Waals surface area contributed by atoms with Gasteiger partial charge in [0.05, 0.1) is 29.8 Å². The molecule has 0 saturated heterocycles. The second-order valence-corrected chi connectivity index (χ2v) is 8.55. The van der Waals surface area contributed by atoms with Crippen LogP contribution >= 0.6 is 0 Å². The molecule has 9 heteroatoms. The van der Waals surface area contributed by atoms with Gasteiger partial charge in [0.1, 0.15) is 11.8 Å². The number of amides is 2. The molecule has 2 amide bonds. The molecule has 0 aliphatic carbocycles. The molecule has 8 nitrogen and oxygen atoms in total. The van der Waals surface area contributed by atoms with Gasteiger partial charge in [-0.2, -0.15) is 0 Å². The molecule has 0 bridgehead atoms. The summed E-state index contributed by atoms with van der Waals surface area (Å²) in [6.45, 7) is 7.63. The summed E-state index contributed by atoms with van der Waals surface area (Å²) in [5.41, 5.74) is 0.864. The zero-order valence-electron chi connectivity index (χ0n) is 17.8. The number of nitrogens with zero attached hydrogens (tertiary/aromatic N) is 1. The van der Waals surface area contributed by atoms with Gasteiger partial charge in [-0.15, -0.1) is 6.58 Å². The molecule has 0 radical (unpaired) electrons. The Morgan fingerprint density at radius 1 is 1.16 bits per heavy atom. The number of rotatable bonds is 10. The Labute approximate surface area is 183 Å². The molecule has 2 rings (SSSR count). The molecule has 1 atom stereocenters. The van der Waals surface area contributed by atoms with Crippen molar-refractivity contribution >= 4 is 33.2 Å². The Morgan fingerprint density at radius 3 is 2.39 bits per heavy atom. The second kappa shape index (κ2) is 10.6. The molecule has 2 aromatic carbocycles. The van der Waals surface area contributed by atoms with Gasteiger partial charge in [-0.3, -0.25) is 13.9 Å². The lowest BCUT2D eigenvalue weighted by Crippen LogP contribution is -2.45. The van der Waals surface area contributed by atoms with Crippen LogP contribution in [0.15, 0.2) is 61.2 Å². The second-order valence-electron chi connectivity index (χ2n) is 6.70. The first kappa shape index (κ1) is 23.9. The van der Waals surface area contributed by atoms with Crippen LogP contribution in [0.2, 0.25) is 0 Å². The van der Waals surface area contributed by atoms with E-state index in [9.17, 15) is 18.0 Å². The third-order valence-electron chi connectivity index (χ3n) is 4.33. The summed E-state index contributed by atoms with van der Waals surface area (Å²) in [7, 11) is -3.78. The summed E-state index contributed by atoms with van der Waals surface area (Å²) in [5.74, 6) is -0.366. The molecule has 31 heavy (non-hydrogen) atoms. The Morgan fingerprint density at radius 2 is 1.81 bits per heavy atom. The highest BCUT2D eigenvalue weighted by Gasteiger charge is 2.29. The highest BCUT2D eigenvalue weighted by molar-refractivity contribution is 7.92. The zero-order valence-corrected chi connectivity index (χ0v) is 18.6. The SMILES string of the molecule is C=CCNC(=O)c1ccccc1NC(=O)C(C)N(c1ccc(OCC)cc1)S(C)(=O)=O. The molecule has 0 heterocycles. The average Bonchev–Trinajstić information content (AvgIpc) is 2.73. The van der Waals surface area contributed by atoms with Crippen LogP contribution in [-0.4, -0.2) is 45.7 Å². The summed E-state index contributed by atoms with van der Waals surface area (Å²) < 4.78 is 31.4. The number of sulfonamides is 1. The maximum Gasteiger partial charge on any atom is 0.253 e. The molecular formula is C22H27N3O5S. The Bertz CT molecular complexity index is 1040. The first-order valence-corrected chi connectivity index (χ1v) is 11.5. The molecule has 0 aliphatic heterocycles. The minimum atomic E-state index is -3.78. The van der Waals surface area contributed by atoms with Gasteiger partial charge in [0.2, 0.25) is 15.9 Å². The van der Waals surface area contributed by atoms with Crippen molar-refractivity contribution < 1.29 is 22.7 Å². The van der Waals surface area contributed by atoms with E-state index in [1.54, 1.807) is 54.6 Å². The number of anilines is 2. The van der Waals surface area contributed by atoms with Crippen molar-refractivity contribution in [3.8, 4) is 5.75 Å². The maximum atomic E-state index is 12.9. The van der Waals surface area contributed by atoms with Gasteiger partial charge in [0, 0.05) is 6.54 Å². The van der Waals surface area contributed by atoms with Gasteiger partial charge >= 0.3 is 0 Å². The van der Waals surface area contributed by atoms with E-state index in [1.807, 2.05) is 6.92 Å². The zero-order chi connectivity index (χ0) is 23.0. The van der Waals surface area contributed by atoms with Crippen LogP contribution in [0.1, 0.15) is 24.2 Å². The van der Waals surface area contributed by atoms with Crippen molar-refractivity contribution in [2.75, 3.05) is 29.0 Å². The van der Waals surface area contributed by atoms with Crippen LogP contribution in [0.5, 0.6) is 5.75 Å². The summed E-state index contributed by atoms with van der Waals surface area (Å²) in [4.78, 5) is 25.3. The minimum Gasteiger partial charge on any atom is -0.494 e. The predicted molar refractivity (Wildman–Crippen MR) is 122 cm³/mol. The van der Waals surface area contributed by atoms with Crippen molar-refractivity contribution in [3.05, 3.63) is 66.7 Å². The van der Waals surface area contributed by atoms with Crippen molar-refractivity contribution in [2.45, 2.75) is 19.9 Å². The van der Waals surface area contributed by atoms with Crippen LogP contribution in [0, 0.1) is 0 Å². The number of carbonyl (C=O) groups is 2. The fraction of sp³-hybridized carbons (Fsp3) is 0.273. The van der Waals surface area contributed by atoms with Gasteiger partial charge in [0.25, 0.3) is 5.91 Å². The van der Waals surface area contributed by atoms with E-state index in [1.165, 1.54) is 6.92 Å². The van der Waals surface area contributed by atoms with E-state index >= 15 is 0 Å². The van der Waals surface area contributed by atoms with Crippen LogP contribution in [0.25, 0.3) is 0 Å². The number of ether oxygens (including phenoxy) is 1. The molecule has 0 spiro atoms.